The van der Waals surface area contributed by atoms with E-state index in [0.717, 1.165) is 11.8 Å². The van der Waals surface area contributed by atoms with Crippen molar-refractivity contribution < 1.29 is 14.1 Å². The Hall–Kier alpha value is -4.49. The number of H-pyrrole nitrogens is 1. The Balaban J connectivity index is 1.37. The fraction of sp³-hybridized carbons (Fsp3) is 0.0400. The van der Waals surface area contributed by atoms with E-state index >= 15 is 0 Å². The van der Waals surface area contributed by atoms with Gasteiger partial charge in [-0.15, -0.1) is 0 Å². The first-order chi connectivity index (χ1) is 18.4. The molecule has 0 fully saturated rings. The number of amides is 1. The molecule has 0 radical (unpaired) electrons. The first kappa shape index (κ1) is 25.2. The molecular weight excluding hydrogens is 531 g/mol. The molecule has 2 aromatic heterocycles. The molecule has 0 saturated heterocycles. The number of fused-ring (bicyclic) bond motifs is 1. The largest absolute Gasteiger partial charge is 0.325 e. The van der Waals surface area contributed by atoms with E-state index in [1.807, 2.05) is 6.07 Å². The Morgan fingerprint density at radius 1 is 1.08 bits per heavy atom. The number of nitro groups is 1. The molecule has 2 heterocycles. The van der Waals surface area contributed by atoms with Crippen molar-refractivity contribution in [3.63, 3.8) is 0 Å². The van der Waals surface area contributed by atoms with Crippen LogP contribution >= 0.6 is 23.5 Å². The van der Waals surface area contributed by atoms with Gasteiger partial charge in [0, 0.05) is 27.6 Å². The van der Waals surface area contributed by atoms with Gasteiger partial charge in [0.15, 0.2) is 10.8 Å². The zero-order valence-electron chi connectivity index (χ0n) is 19.3. The predicted molar refractivity (Wildman–Crippen MR) is 142 cm³/mol. The van der Waals surface area contributed by atoms with Gasteiger partial charge in [-0.25, -0.2) is 9.37 Å². The standard InChI is InChI=1S/C25H17FN6O4S2/c26-15-6-8-19(9-7-15)38-20-11-16(10-18(12-20)32(35)36)28-22(33)14-37-25-29-23-21(13-27-30-23)24(34)31(25)17-4-2-1-3-5-17/h1-13H,14H2,(H,27,30)(H,28,33). The van der Waals surface area contributed by atoms with Crippen LogP contribution in [0.1, 0.15) is 0 Å². The smallest absolute Gasteiger partial charge is 0.272 e. The van der Waals surface area contributed by atoms with Gasteiger partial charge in [-0.2, -0.15) is 5.10 Å². The Labute approximate surface area is 222 Å². The van der Waals surface area contributed by atoms with Gasteiger partial charge in [0.05, 0.1) is 22.6 Å². The summed E-state index contributed by atoms with van der Waals surface area (Å²) < 4.78 is 14.6. The summed E-state index contributed by atoms with van der Waals surface area (Å²) in [6.07, 6.45) is 1.40. The molecule has 190 valence electrons. The number of anilines is 1. The van der Waals surface area contributed by atoms with Crippen molar-refractivity contribution in [2.24, 2.45) is 0 Å². The van der Waals surface area contributed by atoms with Crippen molar-refractivity contribution >= 4 is 51.8 Å². The van der Waals surface area contributed by atoms with Crippen molar-refractivity contribution in [2.75, 3.05) is 11.1 Å². The molecule has 0 aliphatic heterocycles. The van der Waals surface area contributed by atoms with E-state index < -0.39 is 16.6 Å². The zero-order chi connectivity index (χ0) is 26.6. The fourth-order valence-corrected chi connectivity index (χ4v) is 5.28. The summed E-state index contributed by atoms with van der Waals surface area (Å²) in [6, 6.07) is 18.8. The Bertz CT molecular complexity index is 1710. The van der Waals surface area contributed by atoms with Gasteiger partial charge in [0.1, 0.15) is 11.2 Å². The number of aromatic amines is 1. The maximum atomic E-state index is 13.2. The van der Waals surface area contributed by atoms with Crippen LogP contribution in [0.3, 0.4) is 0 Å². The van der Waals surface area contributed by atoms with Crippen LogP contribution in [-0.4, -0.2) is 36.3 Å². The summed E-state index contributed by atoms with van der Waals surface area (Å²) >= 11 is 2.24. The second-order valence-electron chi connectivity index (χ2n) is 7.87. The second-order valence-corrected chi connectivity index (χ2v) is 9.96. The third kappa shape index (κ3) is 5.58. The lowest BCUT2D eigenvalue weighted by Crippen LogP contribution is -2.22. The van der Waals surface area contributed by atoms with Crippen LogP contribution in [0.4, 0.5) is 15.8 Å². The molecule has 2 N–H and O–H groups in total. The zero-order valence-corrected chi connectivity index (χ0v) is 21.0. The topological polar surface area (TPSA) is 136 Å². The molecule has 0 saturated carbocycles. The molecule has 0 unspecified atom stereocenters. The average molecular weight is 549 g/mol. The lowest BCUT2D eigenvalue weighted by Gasteiger charge is -2.12. The van der Waals surface area contributed by atoms with E-state index in [-0.39, 0.29) is 27.8 Å². The number of non-ortho nitro benzene ring substituents is 1. The molecule has 3 aromatic carbocycles. The van der Waals surface area contributed by atoms with Gasteiger partial charge in [0.2, 0.25) is 5.91 Å². The van der Waals surface area contributed by atoms with Crippen molar-refractivity contribution in [1.82, 2.24) is 19.7 Å². The highest BCUT2D eigenvalue weighted by Crippen LogP contribution is 2.33. The van der Waals surface area contributed by atoms with Crippen LogP contribution in [0.5, 0.6) is 0 Å². The lowest BCUT2D eigenvalue weighted by atomic mass is 10.3. The van der Waals surface area contributed by atoms with E-state index in [9.17, 15) is 24.1 Å². The minimum absolute atomic E-state index is 0.123. The van der Waals surface area contributed by atoms with Gasteiger partial charge < -0.3 is 5.32 Å². The molecule has 5 aromatic rings. The van der Waals surface area contributed by atoms with Crippen molar-refractivity contribution in [2.45, 2.75) is 14.9 Å². The van der Waals surface area contributed by atoms with E-state index in [0.29, 0.717) is 26.5 Å². The third-order valence-corrected chi connectivity index (χ3v) is 7.15. The number of nitro benzene ring substituents is 1. The molecule has 0 bridgehead atoms. The number of thioether (sulfide) groups is 1. The minimum Gasteiger partial charge on any atom is -0.325 e. The van der Waals surface area contributed by atoms with Crippen LogP contribution in [0.15, 0.2) is 98.7 Å². The number of nitrogens with zero attached hydrogens (tertiary/aromatic N) is 4. The van der Waals surface area contributed by atoms with Crippen LogP contribution in [0.25, 0.3) is 16.7 Å². The molecule has 1 amide bonds. The van der Waals surface area contributed by atoms with E-state index in [1.165, 1.54) is 46.8 Å². The van der Waals surface area contributed by atoms with E-state index in [1.54, 1.807) is 42.5 Å². The number of aromatic nitrogens is 4. The highest BCUT2D eigenvalue weighted by Gasteiger charge is 2.17. The number of nitrogens with one attached hydrogen (secondary N) is 2. The Kier molecular flexibility index (Phi) is 7.20. The summed E-state index contributed by atoms with van der Waals surface area (Å²) in [5.74, 6) is -0.966. The summed E-state index contributed by atoms with van der Waals surface area (Å²) in [5, 5.41) is 21.3. The number of para-hydroxylation sites is 1. The maximum Gasteiger partial charge on any atom is 0.272 e. The minimum atomic E-state index is -0.554. The van der Waals surface area contributed by atoms with Gasteiger partial charge in [-0.1, -0.05) is 41.7 Å². The number of carbonyl (C=O) groups is 1. The molecule has 0 atom stereocenters. The molecule has 5 rings (SSSR count). The average Bonchev–Trinajstić information content (AvgIpc) is 3.38. The number of benzene rings is 3. The number of hydrogen-bond acceptors (Lipinski definition) is 8. The van der Waals surface area contributed by atoms with Crippen molar-refractivity contribution in [1.29, 1.82) is 0 Å². The first-order valence-corrected chi connectivity index (χ1v) is 12.8. The fourth-order valence-electron chi connectivity index (χ4n) is 3.56. The number of halogens is 1. The molecule has 0 spiro atoms. The van der Waals surface area contributed by atoms with Gasteiger partial charge >= 0.3 is 0 Å². The SMILES string of the molecule is O=C(CSc1nc2[nH]ncc2c(=O)n1-c1ccccc1)Nc1cc(Sc2ccc(F)cc2)cc([N+](=O)[O-])c1. The van der Waals surface area contributed by atoms with Crippen LogP contribution in [-0.2, 0) is 4.79 Å². The number of hydrogen-bond donors (Lipinski definition) is 2. The molecule has 38 heavy (non-hydrogen) atoms. The number of rotatable bonds is 8. The predicted octanol–water partition coefficient (Wildman–Crippen LogP) is 5.04. The highest BCUT2D eigenvalue weighted by atomic mass is 32.2. The number of carbonyl (C=O) groups excluding carboxylic acids is 1. The monoisotopic (exact) mass is 548 g/mol. The second kappa shape index (κ2) is 10.9. The van der Waals surface area contributed by atoms with Gasteiger partial charge in [0.25, 0.3) is 11.2 Å². The summed E-state index contributed by atoms with van der Waals surface area (Å²) in [6.45, 7) is 0. The van der Waals surface area contributed by atoms with E-state index in [2.05, 4.69) is 20.5 Å². The molecule has 0 aliphatic carbocycles. The highest BCUT2D eigenvalue weighted by molar-refractivity contribution is 8.00. The Morgan fingerprint density at radius 3 is 2.58 bits per heavy atom. The molecule has 0 aliphatic rings. The quantitative estimate of drug-likeness (QED) is 0.119. The van der Waals surface area contributed by atoms with Gasteiger partial charge in [-0.05, 0) is 42.5 Å². The molecule has 13 heteroatoms. The summed E-state index contributed by atoms with van der Waals surface area (Å²) in [7, 11) is 0. The van der Waals surface area contributed by atoms with Crippen LogP contribution < -0.4 is 10.9 Å². The van der Waals surface area contributed by atoms with E-state index in [4.69, 9.17) is 0 Å². The maximum absolute atomic E-state index is 13.2. The Morgan fingerprint density at radius 2 is 1.84 bits per heavy atom. The lowest BCUT2D eigenvalue weighted by molar-refractivity contribution is -0.385. The summed E-state index contributed by atoms with van der Waals surface area (Å²) in [4.78, 5) is 42.5. The molecular formula is C25H17FN6O4S2. The summed E-state index contributed by atoms with van der Waals surface area (Å²) in [5.41, 5.74) is 0.568. The molecule has 10 nitrogen and oxygen atoms in total. The van der Waals surface area contributed by atoms with Gasteiger partial charge in [-0.3, -0.25) is 29.4 Å². The van der Waals surface area contributed by atoms with Crippen molar-refractivity contribution in [3.05, 3.63) is 105 Å². The first-order valence-electron chi connectivity index (χ1n) is 11.0. The third-order valence-electron chi connectivity index (χ3n) is 5.23. The van der Waals surface area contributed by atoms with Crippen molar-refractivity contribution in [3.8, 4) is 5.69 Å². The normalized spacial score (nSPS) is 11.0. The van der Waals surface area contributed by atoms with Crippen LogP contribution in [0, 0.1) is 15.9 Å². The van der Waals surface area contributed by atoms with Crippen LogP contribution in [0.2, 0.25) is 0 Å².